The molecule has 0 aliphatic rings. The quantitative estimate of drug-likeness (QED) is 0.147. The zero-order valence-electron chi connectivity index (χ0n) is 20.3. The molecule has 0 atom stereocenters. The standard InChI is InChI=1S/C25H36O6S2.Na/c1-2-3-4-5-6-7-8-9-10-17-22-31-33(29,30)25(32(26,27)28,23-18-13-11-14-19-23)24-20-15-12-16-21-24;/h11-16,18-21H,2-10,17,22H2,1H3,(H,26,27,28);/q;+1/p-1. The largest absolute Gasteiger partial charge is 1.00 e. The summed E-state index contributed by atoms with van der Waals surface area (Å²) >= 11 is 0. The second-order valence-electron chi connectivity index (χ2n) is 8.26. The van der Waals surface area contributed by atoms with E-state index < -0.39 is 24.3 Å². The van der Waals surface area contributed by atoms with Crippen LogP contribution in [0.4, 0.5) is 0 Å². The van der Waals surface area contributed by atoms with Crippen LogP contribution in [0.15, 0.2) is 60.7 Å². The van der Waals surface area contributed by atoms with Crippen molar-refractivity contribution in [1.82, 2.24) is 0 Å². The molecule has 0 amide bonds. The third-order valence-electron chi connectivity index (χ3n) is 5.75. The Labute approximate surface area is 227 Å². The molecule has 0 radical (unpaired) electrons. The first-order valence-electron chi connectivity index (χ1n) is 11.7. The normalized spacial score (nSPS) is 12.3. The molecule has 0 heterocycles. The third-order valence-corrected chi connectivity index (χ3v) is 9.80. The molecule has 34 heavy (non-hydrogen) atoms. The van der Waals surface area contributed by atoms with Gasteiger partial charge in [-0.25, -0.2) is 8.42 Å². The Morgan fingerprint density at radius 1 is 0.676 bits per heavy atom. The van der Waals surface area contributed by atoms with E-state index in [2.05, 4.69) is 6.92 Å². The number of hydrogen-bond acceptors (Lipinski definition) is 6. The molecule has 0 saturated carbocycles. The van der Waals surface area contributed by atoms with E-state index >= 15 is 0 Å². The van der Waals surface area contributed by atoms with Gasteiger partial charge in [-0.15, -0.1) is 0 Å². The van der Waals surface area contributed by atoms with Gasteiger partial charge in [-0.1, -0.05) is 125 Å². The molecule has 2 aromatic carbocycles. The smallest absolute Gasteiger partial charge is 0.746 e. The van der Waals surface area contributed by atoms with Gasteiger partial charge in [0.15, 0.2) is 0 Å². The molecule has 0 bridgehead atoms. The van der Waals surface area contributed by atoms with Gasteiger partial charge in [0.05, 0.1) is 6.61 Å². The predicted octanol–water partition coefficient (Wildman–Crippen LogP) is 2.70. The average Bonchev–Trinajstić information content (AvgIpc) is 2.78. The molecule has 9 heteroatoms. The minimum Gasteiger partial charge on any atom is -0.746 e. The summed E-state index contributed by atoms with van der Waals surface area (Å²) in [6, 6.07) is 14.5. The topological polar surface area (TPSA) is 101 Å². The molecule has 0 aromatic heterocycles. The first-order chi connectivity index (χ1) is 15.8. The number of rotatable bonds is 16. The molecular weight excluding hydrogens is 483 g/mol. The van der Waals surface area contributed by atoms with E-state index in [0.717, 1.165) is 25.7 Å². The van der Waals surface area contributed by atoms with E-state index in [1.807, 2.05) is 0 Å². The summed E-state index contributed by atoms with van der Waals surface area (Å²) in [5.41, 5.74) is -0.316. The van der Waals surface area contributed by atoms with Crippen molar-refractivity contribution in [2.75, 3.05) is 6.61 Å². The van der Waals surface area contributed by atoms with Crippen LogP contribution in [0.5, 0.6) is 0 Å². The maximum atomic E-state index is 13.4. The first kappa shape index (κ1) is 31.3. The molecule has 0 aliphatic heterocycles. The van der Waals surface area contributed by atoms with Crippen LogP contribution >= 0.6 is 0 Å². The van der Waals surface area contributed by atoms with Crippen molar-refractivity contribution < 1.29 is 55.1 Å². The monoisotopic (exact) mass is 518 g/mol. The minimum absolute atomic E-state index is 0. The summed E-state index contributed by atoms with van der Waals surface area (Å²) in [4.78, 5) is 0. The molecule has 2 aromatic rings. The summed E-state index contributed by atoms with van der Waals surface area (Å²) < 4.78 is 66.8. The zero-order chi connectivity index (χ0) is 24.2. The van der Waals surface area contributed by atoms with Gasteiger partial charge in [0.25, 0.3) is 10.1 Å². The Bertz CT molecular complexity index is 986. The van der Waals surface area contributed by atoms with Crippen molar-refractivity contribution in [1.29, 1.82) is 0 Å². The van der Waals surface area contributed by atoms with Gasteiger partial charge in [-0.05, 0) is 17.5 Å². The van der Waals surface area contributed by atoms with Crippen LogP contribution in [0.2, 0.25) is 0 Å². The Balaban J connectivity index is 0.00000578. The maximum Gasteiger partial charge on any atom is 1.00 e. The van der Waals surface area contributed by atoms with Crippen LogP contribution in [0, 0.1) is 0 Å². The number of hydrogen-bond donors (Lipinski definition) is 0. The number of benzene rings is 2. The Morgan fingerprint density at radius 3 is 1.44 bits per heavy atom. The summed E-state index contributed by atoms with van der Waals surface area (Å²) in [5, 5.41) is 0. The van der Waals surface area contributed by atoms with Crippen molar-refractivity contribution in [3.8, 4) is 0 Å². The SMILES string of the molecule is CCCCCCCCCCCCOS(=O)(=O)C(c1ccccc1)(c1ccccc1)S(=O)(=O)[O-].[Na+]. The summed E-state index contributed by atoms with van der Waals surface area (Å²) in [7, 11) is -10.3. The molecule has 6 nitrogen and oxygen atoms in total. The molecule has 0 spiro atoms. The Morgan fingerprint density at radius 2 is 1.06 bits per heavy atom. The average molecular weight is 519 g/mol. The van der Waals surface area contributed by atoms with E-state index in [9.17, 15) is 21.4 Å². The molecule has 184 valence electrons. The second kappa shape index (κ2) is 15.4. The van der Waals surface area contributed by atoms with Gasteiger partial charge in [-0.3, -0.25) is 4.18 Å². The zero-order valence-corrected chi connectivity index (χ0v) is 24.0. The second-order valence-corrected chi connectivity index (χ2v) is 11.8. The van der Waals surface area contributed by atoms with Crippen molar-refractivity contribution in [2.45, 2.75) is 75.2 Å². The molecule has 0 unspecified atom stereocenters. The first-order valence-corrected chi connectivity index (χ1v) is 14.5. The van der Waals surface area contributed by atoms with Crippen LogP contribution in [-0.2, 0) is 28.5 Å². The maximum absolute atomic E-state index is 13.4. The van der Waals surface area contributed by atoms with E-state index in [-0.39, 0.29) is 47.3 Å². The van der Waals surface area contributed by atoms with Gasteiger partial charge in [0, 0.05) is 0 Å². The van der Waals surface area contributed by atoms with Crippen LogP contribution < -0.4 is 29.6 Å². The van der Waals surface area contributed by atoms with Crippen LogP contribution in [-0.4, -0.2) is 28.0 Å². The van der Waals surface area contributed by atoms with Crippen molar-refractivity contribution >= 4 is 20.2 Å². The van der Waals surface area contributed by atoms with Gasteiger partial charge in [-0.2, -0.15) is 8.42 Å². The summed E-state index contributed by atoms with van der Waals surface area (Å²) in [5.74, 6) is 0. The van der Waals surface area contributed by atoms with Gasteiger partial charge in [0.1, 0.15) is 10.1 Å². The van der Waals surface area contributed by atoms with Crippen molar-refractivity contribution in [3.05, 3.63) is 71.8 Å². The van der Waals surface area contributed by atoms with Gasteiger partial charge in [0.2, 0.25) is 4.08 Å². The fourth-order valence-electron chi connectivity index (χ4n) is 4.03. The molecular formula is C25H35NaO6S2. The summed E-state index contributed by atoms with van der Waals surface area (Å²) in [6.45, 7) is 2.02. The van der Waals surface area contributed by atoms with E-state index in [1.165, 1.54) is 80.6 Å². The predicted molar refractivity (Wildman–Crippen MR) is 130 cm³/mol. The third kappa shape index (κ3) is 8.15. The summed E-state index contributed by atoms with van der Waals surface area (Å²) in [6.07, 6.45) is 10.7. The van der Waals surface area contributed by atoms with Crippen LogP contribution in [0.1, 0.15) is 82.3 Å². The molecule has 0 saturated heterocycles. The van der Waals surface area contributed by atoms with E-state index in [0.29, 0.717) is 6.42 Å². The van der Waals surface area contributed by atoms with Gasteiger partial charge >= 0.3 is 29.6 Å². The van der Waals surface area contributed by atoms with Gasteiger partial charge < -0.3 is 4.55 Å². The Kier molecular flexibility index (Phi) is 14.2. The molecule has 2 rings (SSSR count). The minimum atomic E-state index is -5.42. The Hall–Kier alpha value is -0.740. The molecule has 0 aliphatic carbocycles. The van der Waals surface area contributed by atoms with Crippen LogP contribution in [0.3, 0.4) is 0 Å². The molecule has 0 N–H and O–H groups in total. The fourth-order valence-corrected chi connectivity index (χ4v) is 7.37. The van der Waals surface area contributed by atoms with Crippen molar-refractivity contribution in [3.63, 3.8) is 0 Å². The van der Waals surface area contributed by atoms with E-state index in [1.54, 1.807) is 12.1 Å². The number of unbranched alkanes of at least 4 members (excludes halogenated alkanes) is 9. The van der Waals surface area contributed by atoms with Crippen LogP contribution in [0.25, 0.3) is 0 Å². The van der Waals surface area contributed by atoms with E-state index in [4.69, 9.17) is 4.18 Å². The molecule has 0 fully saturated rings. The fraction of sp³-hybridized carbons (Fsp3) is 0.520. The van der Waals surface area contributed by atoms with Crippen molar-refractivity contribution in [2.24, 2.45) is 0 Å².